The molecule has 0 aliphatic carbocycles. The summed E-state index contributed by atoms with van der Waals surface area (Å²) in [6.07, 6.45) is 0. The Kier molecular flexibility index (Phi) is 2.77. The zero-order valence-corrected chi connectivity index (χ0v) is 8.91. The predicted octanol–water partition coefficient (Wildman–Crippen LogP) is 3.08. The first kappa shape index (κ1) is 10.5. The molecule has 2 N–H and O–H groups in total. The van der Waals surface area contributed by atoms with Gasteiger partial charge in [0.15, 0.2) is 0 Å². The molecule has 2 rings (SSSR count). The van der Waals surface area contributed by atoms with Crippen LogP contribution in [0.1, 0.15) is 0 Å². The van der Waals surface area contributed by atoms with Crippen LogP contribution in [0.25, 0.3) is 11.1 Å². The number of ether oxygens (including phenoxy) is 1. The SMILES string of the molecule is COc1cc(-c2ccccc2F)ccc1N. The third-order valence-electron chi connectivity index (χ3n) is 2.42. The van der Waals surface area contributed by atoms with Crippen LogP contribution in [-0.2, 0) is 0 Å². The van der Waals surface area contributed by atoms with Gasteiger partial charge in [-0.3, -0.25) is 0 Å². The Labute approximate surface area is 93.5 Å². The van der Waals surface area contributed by atoms with Crippen molar-refractivity contribution >= 4 is 5.69 Å². The van der Waals surface area contributed by atoms with Gasteiger partial charge in [-0.1, -0.05) is 24.3 Å². The minimum Gasteiger partial charge on any atom is -0.495 e. The second kappa shape index (κ2) is 4.23. The fraction of sp³-hybridized carbons (Fsp3) is 0.0769. The van der Waals surface area contributed by atoms with Gasteiger partial charge in [0.25, 0.3) is 0 Å². The topological polar surface area (TPSA) is 35.2 Å². The van der Waals surface area contributed by atoms with E-state index in [1.54, 1.807) is 36.4 Å². The van der Waals surface area contributed by atoms with Crippen molar-refractivity contribution in [2.45, 2.75) is 0 Å². The molecule has 16 heavy (non-hydrogen) atoms. The molecule has 2 aromatic rings. The number of methoxy groups -OCH3 is 1. The van der Waals surface area contributed by atoms with Gasteiger partial charge in [-0.2, -0.15) is 0 Å². The van der Waals surface area contributed by atoms with Gasteiger partial charge in [-0.15, -0.1) is 0 Å². The number of benzene rings is 2. The van der Waals surface area contributed by atoms with E-state index in [1.165, 1.54) is 13.2 Å². The highest BCUT2D eigenvalue weighted by molar-refractivity contribution is 5.70. The van der Waals surface area contributed by atoms with E-state index in [-0.39, 0.29) is 5.82 Å². The molecule has 0 aliphatic heterocycles. The number of rotatable bonds is 2. The molecule has 0 unspecified atom stereocenters. The van der Waals surface area contributed by atoms with E-state index < -0.39 is 0 Å². The summed E-state index contributed by atoms with van der Waals surface area (Å²) in [5.41, 5.74) is 7.54. The first-order valence-electron chi connectivity index (χ1n) is 4.91. The van der Waals surface area contributed by atoms with E-state index in [4.69, 9.17) is 10.5 Å². The predicted molar refractivity (Wildman–Crippen MR) is 62.8 cm³/mol. The van der Waals surface area contributed by atoms with Crippen LogP contribution in [0.4, 0.5) is 10.1 Å². The summed E-state index contributed by atoms with van der Waals surface area (Å²) in [4.78, 5) is 0. The second-order valence-corrected chi connectivity index (χ2v) is 3.44. The Hall–Kier alpha value is -2.03. The third-order valence-corrected chi connectivity index (χ3v) is 2.42. The maximum atomic E-state index is 13.5. The van der Waals surface area contributed by atoms with Crippen molar-refractivity contribution in [2.24, 2.45) is 0 Å². The second-order valence-electron chi connectivity index (χ2n) is 3.44. The Morgan fingerprint density at radius 3 is 2.56 bits per heavy atom. The molecule has 0 heterocycles. The lowest BCUT2D eigenvalue weighted by Crippen LogP contribution is -1.93. The highest BCUT2D eigenvalue weighted by atomic mass is 19.1. The molecule has 0 spiro atoms. The Bertz CT molecular complexity index is 511. The molecule has 0 atom stereocenters. The average molecular weight is 217 g/mol. The molecule has 0 amide bonds. The monoisotopic (exact) mass is 217 g/mol. The molecule has 0 saturated carbocycles. The molecule has 0 saturated heterocycles. The molecule has 0 aromatic heterocycles. The summed E-state index contributed by atoms with van der Waals surface area (Å²) in [5, 5.41) is 0. The van der Waals surface area contributed by atoms with Gasteiger partial charge in [-0.05, 0) is 23.8 Å². The molecule has 0 fully saturated rings. The largest absolute Gasteiger partial charge is 0.495 e. The number of halogens is 1. The molecular formula is C13H12FNO. The summed E-state index contributed by atoms with van der Waals surface area (Å²) in [5.74, 6) is 0.301. The highest BCUT2D eigenvalue weighted by Crippen LogP contribution is 2.29. The van der Waals surface area contributed by atoms with Crippen LogP contribution < -0.4 is 10.5 Å². The van der Waals surface area contributed by atoms with Gasteiger partial charge in [0.05, 0.1) is 12.8 Å². The molecule has 82 valence electrons. The zero-order valence-electron chi connectivity index (χ0n) is 8.91. The number of nitrogens with two attached hydrogens (primary N) is 1. The summed E-state index contributed by atoms with van der Waals surface area (Å²) in [7, 11) is 1.54. The van der Waals surface area contributed by atoms with E-state index in [9.17, 15) is 4.39 Å². The van der Waals surface area contributed by atoms with Gasteiger partial charge in [-0.25, -0.2) is 4.39 Å². The standard InChI is InChI=1S/C13H12FNO/c1-16-13-8-9(6-7-12(13)15)10-4-2-3-5-11(10)14/h2-8H,15H2,1H3. The lowest BCUT2D eigenvalue weighted by atomic mass is 10.0. The van der Waals surface area contributed by atoms with Gasteiger partial charge in [0.2, 0.25) is 0 Å². The van der Waals surface area contributed by atoms with Gasteiger partial charge >= 0.3 is 0 Å². The van der Waals surface area contributed by atoms with Crippen molar-refractivity contribution in [1.29, 1.82) is 0 Å². The van der Waals surface area contributed by atoms with Crippen LogP contribution in [0.15, 0.2) is 42.5 Å². The summed E-state index contributed by atoms with van der Waals surface area (Å²) < 4.78 is 18.6. The van der Waals surface area contributed by atoms with Crippen molar-refractivity contribution in [2.75, 3.05) is 12.8 Å². The van der Waals surface area contributed by atoms with Crippen molar-refractivity contribution in [1.82, 2.24) is 0 Å². The molecule has 0 radical (unpaired) electrons. The molecule has 2 nitrogen and oxygen atoms in total. The minimum absolute atomic E-state index is 0.255. The quantitative estimate of drug-likeness (QED) is 0.784. The van der Waals surface area contributed by atoms with Gasteiger partial charge in [0, 0.05) is 5.56 Å². The summed E-state index contributed by atoms with van der Waals surface area (Å²) in [6, 6.07) is 11.8. The number of nitrogen functional groups attached to an aromatic ring is 1. The van der Waals surface area contributed by atoms with Crippen LogP contribution in [0, 0.1) is 5.82 Å². The highest BCUT2D eigenvalue weighted by Gasteiger charge is 2.06. The van der Waals surface area contributed by atoms with Crippen LogP contribution >= 0.6 is 0 Å². The van der Waals surface area contributed by atoms with Gasteiger partial charge in [0.1, 0.15) is 11.6 Å². The Balaban J connectivity index is 2.53. The third kappa shape index (κ3) is 1.84. The Morgan fingerprint density at radius 1 is 1.12 bits per heavy atom. The van der Waals surface area contributed by atoms with Gasteiger partial charge < -0.3 is 10.5 Å². The maximum absolute atomic E-state index is 13.5. The smallest absolute Gasteiger partial charge is 0.142 e. The van der Waals surface area contributed by atoms with E-state index in [2.05, 4.69) is 0 Å². The molecule has 0 bridgehead atoms. The van der Waals surface area contributed by atoms with E-state index in [0.717, 1.165) is 5.56 Å². The van der Waals surface area contributed by atoms with Crippen molar-refractivity contribution < 1.29 is 9.13 Å². The van der Waals surface area contributed by atoms with Crippen LogP contribution in [0.2, 0.25) is 0 Å². The van der Waals surface area contributed by atoms with Crippen LogP contribution in [0.3, 0.4) is 0 Å². The summed E-state index contributed by atoms with van der Waals surface area (Å²) in [6.45, 7) is 0. The zero-order chi connectivity index (χ0) is 11.5. The van der Waals surface area contributed by atoms with Crippen molar-refractivity contribution in [3.63, 3.8) is 0 Å². The molecule has 3 heteroatoms. The van der Waals surface area contributed by atoms with Crippen molar-refractivity contribution in [3.8, 4) is 16.9 Å². The number of hydrogen-bond acceptors (Lipinski definition) is 2. The molecule has 0 aliphatic rings. The summed E-state index contributed by atoms with van der Waals surface area (Å²) >= 11 is 0. The van der Waals surface area contributed by atoms with E-state index >= 15 is 0 Å². The number of hydrogen-bond donors (Lipinski definition) is 1. The Morgan fingerprint density at radius 2 is 1.88 bits per heavy atom. The normalized spacial score (nSPS) is 10.1. The first-order valence-corrected chi connectivity index (χ1v) is 4.91. The molecule has 2 aromatic carbocycles. The van der Waals surface area contributed by atoms with E-state index in [0.29, 0.717) is 17.0 Å². The van der Waals surface area contributed by atoms with Crippen LogP contribution in [-0.4, -0.2) is 7.11 Å². The minimum atomic E-state index is -0.255. The van der Waals surface area contributed by atoms with Crippen LogP contribution in [0.5, 0.6) is 5.75 Å². The lowest BCUT2D eigenvalue weighted by molar-refractivity contribution is 0.417. The first-order chi connectivity index (χ1) is 7.72. The fourth-order valence-corrected chi connectivity index (χ4v) is 1.57. The number of anilines is 1. The van der Waals surface area contributed by atoms with E-state index in [1.807, 2.05) is 0 Å². The maximum Gasteiger partial charge on any atom is 0.142 e. The molecular weight excluding hydrogens is 205 g/mol. The fourth-order valence-electron chi connectivity index (χ4n) is 1.57. The lowest BCUT2D eigenvalue weighted by Gasteiger charge is -2.08. The van der Waals surface area contributed by atoms with Crippen molar-refractivity contribution in [3.05, 3.63) is 48.3 Å². The average Bonchev–Trinajstić information content (AvgIpc) is 2.31.